The highest BCUT2D eigenvalue weighted by Gasteiger charge is 2.54. The van der Waals surface area contributed by atoms with E-state index in [-0.39, 0.29) is 0 Å². The van der Waals surface area contributed by atoms with E-state index < -0.39 is 120 Å². The summed E-state index contributed by atoms with van der Waals surface area (Å²) in [5, 5.41) is 82.3. The number of ether oxygens (including phenoxy) is 5. The average Bonchev–Trinajstić information content (AvgIpc) is 2.88. The van der Waals surface area contributed by atoms with Crippen molar-refractivity contribution < 1.29 is 96.1 Å². The predicted octanol–water partition coefficient (Wildman–Crippen LogP) is -6.26. The van der Waals surface area contributed by atoms with Gasteiger partial charge in [-0.15, -0.1) is 0 Å². The second-order valence-electron chi connectivity index (χ2n) is 9.24. The third-order valence-electron chi connectivity index (χ3n) is 6.22. The molecule has 2 fully saturated rings. The Morgan fingerprint density at radius 1 is 0.905 bits per heavy atom. The van der Waals surface area contributed by atoms with Crippen LogP contribution in [0.2, 0.25) is 0 Å². The van der Waals surface area contributed by atoms with Crippen LogP contribution in [0.25, 0.3) is 0 Å². The van der Waals surface area contributed by atoms with Crippen LogP contribution in [0.5, 0.6) is 0 Å². The fourth-order valence-electron chi connectivity index (χ4n) is 4.27. The zero-order valence-corrected chi connectivity index (χ0v) is 22.0. The van der Waals surface area contributed by atoms with Gasteiger partial charge in [0.1, 0.15) is 54.9 Å². The third kappa shape index (κ3) is 7.87. The molecule has 22 heteroatoms. The average molecular weight is 636 g/mol. The summed E-state index contributed by atoms with van der Waals surface area (Å²) >= 11 is 0. The highest BCUT2D eigenvalue weighted by molar-refractivity contribution is 7.80. The van der Waals surface area contributed by atoms with Gasteiger partial charge in [0.25, 0.3) is 0 Å². The normalized spacial score (nSPS) is 40.9. The first-order chi connectivity index (χ1) is 19.4. The van der Waals surface area contributed by atoms with Crippen LogP contribution in [-0.2, 0) is 52.7 Å². The van der Waals surface area contributed by atoms with Crippen molar-refractivity contribution in [3.8, 4) is 0 Å². The molecule has 0 saturated carbocycles. The summed E-state index contributed by atoms with van der Waals surface area (Å²) in [6.07, 6.45) is -23.9. The number of carbonyl (C=O) groups excluding carboxylic acids is 1. The van der Waals surface area contributed by atoms with E-state index in [4.69, 9.17) is 28.2 Å². The van der Waals surface area contributed by atoms with E-state index in [1.165, 1.54) is 0 Å². The Bertz CT molecular complexity index is 1150. The number of aliphatic hydroxyl groups excluding tert-OH is 6. The zero-order chi connectivity index (χ0) is 31.7. The molecule has 0 aromatic rings. The molecule has 2 saturated heterocycles. The van der Waals surface area contributed by atoms with Crippen LogP contribution in [0, 0.1) is 0 Å². The number of aliphatic carboxylic acids is 2. The van der Waals surface area contributed by atoms with Crippen LogP contribution in [-0.4, -0.2) is 158 Å². The monoisotopic (exact) mass is 635 g/mol. The number of carboxylic acids is 2. The maximum Gasteiger partial charge on any atom is 0.397 e. The standard InChI is InChI=1S/C20H29NO20S/c1-4(22)21-8-10(25)13(40-20-9(24)5(23)2-6(37-20)16(28)29)7(3-36-42(33,34)35)38-19(8)41-14-11(26)12(27)18(32)39-15(14)17(30)31/h2,5,7-15,18-20,23-27,32H,3H2,1H3,(H,21,22)(H,28,29)(H,30,31)(H,33,34,35)/t5-,7+,8+,9+,10+,11+,12+,13+,14-,15-,18+,19+,20-/m0/s1. The Balaban J connectivity index is 1.96. The smallest absolute Gasteiger partial charge is 0.397 e. The molecule has 0 spiro atoms. The van der Waals surface area contributed by atoms with E-state index in [2.05, 4.69) is 9.50 Å². The predicted molar refractivity (Wildman–Crippen MR) is 123 cm³/mol. The first-order valence-corrected chi connectivity index (χ1v) is 13.2. The highest BCUT2D eigenvalue weighted by atomic mass is 32.3. The number of nitrogens with one attached hydrogen (secondary N) is 1. The second-order valence-corrected chi connectivity index (χ2v) is 10.3. The van der Waals surface area contributed by atoms with Gasteiger partial charge in [0.15, 0.2) is 18.7 Å². The van der Waals surface area contributed by atoms with Crippen LogP contribution in [0.4, 0.5) is 0 Å². The highest BCUT2D eigenvalue weighted by Crippen LogP contribution is 2.32. The lowest BCUT2D eigenvalue weighted by Gasteiger charge is -2.48. The van der Waals surface area contributed by atoms with Crippen molar-refractivity contribution in [3.05, 3.63) is 11.8 Å². The lowest BCUT2D eigenvalue weighted by Crippen LogP contribution is -2.69. The van der Waals surface area contributed by atoms with Gasteiger partial charge in [0, 0.05) is 6.92 Å². The summed E-state index contributed by atoms with van der Waals surface area (Å²) in [4.78, 5) is 35.0. The minimum Gasteiger partial charge on any atom is -0.479 e. The number of hydrogen-bond acceptors (Lipinski definition) is 17. The molecular formula is C20H29NO20S. The van der Waals surface area contributed by atoms with E-state index in [0.717, 1.165) is 6.92 Å². The Morgan fingerprint density at radius 2 is 1.52 bits per heavy atom. The van der Waals surface area contributed by atoms with Crippen molar-refractivity contribution in [2.24, 2.45) is 0 Å². The van der Waals surface area contributed by atoms with E-state index in [0.29, 0.717) is 6.08 Å². The summed E-state index contributed by atoms with van der Waals surface area (Å²) < 4.78 is 62.0. The lowest BCUT2D eigenvalue weighted by molar-refractivity contribution is -0.347. The maximum atomic E-state index is 12.0. The van der Waals surface area contributed by atoms with E-state index in [1.807, 2.05) is 0 Å². The van der Waals surface area contributed by atoms with Gasteiger partial charge in [0.2, 0.25) is 18.0 Å². The molecule has 3 aliphatic heterocycles. The van der Waals surface area contributed by atoms with Crippen molar-refractivity contribution in [2.75, 3.05) is 6.61 Å². The van der Waals surface area contributed by atoms with E-state index >= 15 is 0 Å². The Morgan fingerprint density at radius 3 is 2.07 bits per heavy atom. The molecule has 3 aliphatic rings. The lowest BCUT2D eigenvalue weighted by atomic mass is 9.95. The molecule has 1 amide bonds. The molecule has 0 radical (unpaired) electrons. The van der Waals surface area contributed by atoms with Crippen LogP contribution >= 0.6 is 0 Å². The van der Waals surface area contributed by atoms with Gasteiger partial charge in [-0.25, -0.2) is 13.8 Å². The first-order valence-electron chi connectivity index (χ1n) is 11.8. The Kier molecular flexibility index (Phi) is 10.8. The summed E-state index contributed by atoms with van der Waals surface area (Å²) in [6, 6.07) is -1.79. The molecule has 3 rings (SSSR count). The first kappa shape index (κ1) is 33.9. The molecule has 0 aliphatic carbocycles. The van der Waals surface area contributed by atoms with Crippen LogP contribution in [0.3, 0.4) is 0 Å². The maximum absolute atomic E-state index is 12.0. The molecule has 13 atom stereocenters. The second kappa shape index (κ2) is 13.4. The molecule has 10 N–H and O–H groups in total. The molecule has 240 valence electrons. The van der Waals surface area contributed by atoms with E-state index in [9.17, 15) is 63.7 Å². The minimum absolute atomic E-state index is 0.630. The molecular weight excluding hydrogens is 606 g/mol. The molecule has 42 heavy (non-hydrogen) atoms. The Labute approximate surface area is 235 Å². The van der Waals surface area contributed by atoms with Crippen molar-refractivity contribution in [1.29, 1.82) is 0 Å². The van der Waals surface area contributed by atoms with Crippen molar-refractivity contribution in [3.63, 3.8) is 0 Å². The summed E-state index contributed by atoms with van der Waals surface area (Å²) in [7, 11) is -5.19. The fourth-order valence-corrected chi connectivity index (χ4v) is 4.58. The van der Waals surface area contributed by atoms with Gasteiger partial charge in [0.05, 0.1) is 6.61 Å². The van der Waals surface area contributed by atoms with Crippen molar-refractivity contribution in [1.82, 2.24) is 5.32 Å². The van der Waals surface area contributed by atoms with Crippen molar-refractivity contribution in [2.45, 2.75) is 86.8 Å². The van der Waals surface area contributed by atoms with Gasteiger partial charge < -0.3 is 69.9 Å². The largest absolute Gasteiger partial charge is 0.479 e. The molecule has 0 aromatic heterocycles. The Hall–Kier alpha value is -2.58. The van der Waals surface area contributed by atoms with Gasteiger partial charge >= 0.3 is 22.3 Å². The number of carbonyl (C=O) groups is 3. The molecule has 0 unspecified atom stereocenters. The van der Waals surface area contributed by atoms with Crippen molar-refractivity contribution >= 4 is 28.2 Å². The SMILES string of the molecule is CC(=O)N[C@H]1[C@@H](O[C@H]2[C@H](O)[C@@H](O)[C@H](O)O[C@@H]2C(=O)O)O[C@H](COS(=O)(=O)O)[C@@H](O[C@@H]2OC(C(=O)O)=C[C@H](O)[C@H]2O)[C@@H]1O. The summed E-state index contributed by atoms with van der Waals surface area (Å²) in [5.74, 6) is -5.25. The van der Waals surface area contributed by atoms with Crippen LogP contribution in [0.15, 0.2) is 11.8 Å². The van der Waals surface area contributed by atoms with Gasteiger partial charge in [-0.3, -0.25) is 9.35 Å². The number of rotatable bonds is 10. The third-order valence-corrected chi connectivity index (χ3v) is 6.65. The molecule has 21 nitrogen and oxygen atoms in total. The molecule has 0 aromatic carbocycles. The fraction of sp³-hybridized carbons (Fsp3) is 0.750. The quantitative estimate of drug-likeness (QED) is 0.0997. The number of carboxylic acid groups (broad SMARTS) is 2. The van der Waals surface area contributed by atoms with Gasteiger partial charge in [-0.05, 0) is 6.08 Å². The van der Waals surface area contributed by atoms with Crippen LogP contribution < -0.4 is 5.32 Å². The topological polar surface area (TPSA) is 335 Å². The van der Waals surface area contributed by atoms with Gasteiger partial charge in [-0.1, -0.05) is 0 Å². The number of hydrogen-bond donors (Lipinski definition) is 10. The van der Waals surface area contributed by atoms with E-state index in [1.54, 1.807) is 0 Å². The minimum atomic E-state index is -5.19. The molecule has 3 heterocycles. The summed E-state index contributed by atoms with van der Waals surface area (Å²) in [6.45, 7) is -0.242. The summed E-state index contributed by atoms with van der Waals surface area (Å²) in [5.41, 5.74) is 0. The zero-order valence-electron chi connectivity index (χ0n) is 21.2. The number of aliphatic hydroxyl groups is 6. The van der Waals surface area contributed by atoms with Gasteiger partial charge in [-0.2, -0.15) is 8.42 Å². The van der Waals surface area contributed by atoms with Crippen LogP contribution in [0.1, 0.15) is 6.92 Å². The number of amides is 1. The molecule has 0 bridgehead atoms.